The molecule has 0 amide bonds. The molecule has 4 heterocycles. The summed E-state index contributed by atoms with van der Waals surface area (Å²) in [6.07, 6.45) is 7.57. The molecule has 1 aromatic carbocycles. The maximum Gasteiger partial charge on any atom is 0.170 e. The second-order valence-corrected chi connectivity index (χ2v) is 8.00. The van der Waals surface area contributed by atoms with Crippen molar-refractivity contribution in [3.8, 4) is 11.4 Å². The average Bonchev–Trinajstić information content (AvgIpc) is 3.45. The number of methoxy groups -OCH3 is 1. The van der Waals surface area contributed by atoms with Crippen molar-refractivity contribution in [2.24, 2.45) is 0 Å². The second-order valence-electron chi connectivity index (χ2n) is 7.62. The first-order valence-corrected chi connectivity index (χ1v) is 10.8. The number of pyridine rings is 2. The zero-order valence-electron chi connectivity index (χ0n) is 17.6. The van der Waals surface area contributed by atoms with Crippen LogP contribution in [0.15, 0.2) is 91.5 Å². The minimum atomic E-state index is -0.0766. The van der Waals surface area contributed by atoms with Crippen molar-refractivity contribution < 1.29 is 4.74 Å². The molecule has 160 valence electrons. The molecule has 5 rings (SSSR count). The van der Waals surface area contributed by atoms with Crippen LogP contribution < -0.4 is 10.1 Å². The Morgan fingerprint density at radius 3 is 2.59 bits per heavy atom. The Balaban J connectivity index is 1.58. The molecule has 2 atom stereocenters. The van der Waals surface area contributed by atoms with Gasteiger partial charge in [-0.1, -0.05) is 12.1 Å². The van der Waals surface area contributed by atoms with Gasteiger partial charge in [0.1, 0.15) is 5.75 Å². The summed E-state index contributed by atoms with van der Waals surface area (Å²) in [5, 5.41) is 4.22. The summed E-state index contributed by atoms with van der Waals surface area (Å²) in [7, 11) is 1.68. The summed E-state index contributed by atoms with van der Waals surface area (Å²) >= 11 is 5.80. The van der Waals surface area contributed by atoms with Gasteiger partial charge in [-0.2, -0.15) is 0 Å². The zero-order valence-corrected chi connectivity index (χ0v) is 18.4. The number of hydrogen-bond donors (Lipinski definition) is 1. The molecule has 0 bridgehead atoms. The predicted octanol–water partition coefficient (Wildman–Crippen LogP) is 4.45. The third-order valence-electron chi connectivity index (χ3n) is 5.71. The number of benzene rings is 1. The normalized spacial score (nSPS) is 17.9. The van der Waals surface area contributed by atoms with Gasteiger partial charge in [0.25, 0.3) is 0 Å². The van der Waals surface area contributed by atoms with Crippen LogP contribution in [0.2, 0.25) is 0 Å². The quantitative estimate of drug-likeness (QED) is 0.446. The van der Waals surface area contributed by atoms with E-state index in [2.05, 4.69) is 61.3 Å². The van der Waals surface area contributed by atoms with Crippen LogP contribution in [0.3, 0.4) is 0 Å². The molecule has 0 aliphatic carbocycles. The summed E-state index contributed by atoms with van der Waals surface area (Å²) in [5.74, 6) is 0.829. The molecule has 0 radical (unpaired) electrons. The van der Waals surface area contributed by atoms with Crippen LogP contribution in [-0.4, -0.2) is 31.7 Å². The molecule has 0 unspecified atom stereocenters. The number of nitrogens with one attached hydrogen (secondary N) is 1. The summed E-state index contributed by atoms with van der Waals surface area (Å²) in [6.45, 7) is 0.654. The van der Waals surface area contributed by atoms with E-state index in [-0.39, 0.29) is 12.1 Å². The third-order valence-corrected chi connectivity index (χ3v) is 6.06. The lowest BCUT2D eigenvalue weighted by atomic mass is 10.0. The molecular formula is C25H23N5OS. The van der Waals surface area contributed by atoms with E-state index >= 15 is 0 Å². The number of hydrogen-bond acceptors (Lipinski definition) is 4. The lowest BCUT2D eigenvalue weighted by Gasteiger charge is -2.29. The van der Waals surface area contributed by atoms with Crippen LogP contribution in [0.1, 0.15) is 29.0 Å². The Kier molecular flexibility index (Phi) is 5.56. The van der Waals surface area contributed by atoms with Gasteiger partial charge in [0.05, 0.1) is 24.9 Å². The van der Waals surface area contributed by atoms with E-state index in [0.29, 0.717) is 11.7 Å². The Morgan fingerprint density at radius 1 is 1.00 bits per heavy atom. The molecule has 6 nitrogen and oxygen atoms in total. The van der Waals surface area contributed by atoms with E-state index in [4.69, 9.17) is 17.0 Å². The molecule has 0 spiro atoms. The lowest BCUT2D eigenvalue weighted by Crippen LogP contribution is -2.30. The van der Waals surface area contributed by atoms with Crippen molar-refractivity contribution in [3.05, 3.63) is 108 Å². The highest BCUT2D eigenvalue weighted by molar-refractivity contribution is 7.80. The van der Waals surface area contributed by atoms with Gasteiger partial charge in [-0.05, 0) is 72.4 Å². The van der Waals surface area contributed by atoms with E-state index in [1.807, 2.05) is 48.8 Å². The van der Waals surface area contributed by atoms with Crippen molar-refractivity contribution in [1.82, 2.24) is 24.8 Å². The Morgan fingerprint density at radius 2 is 1.88 bits per heavy atom. The van der Waals surface area contributed by atoms with E-state index < -0.39 is 0 Å². The highest BCUT2D eigenvalue weighted by atomic mass is 32.1. The number of ether oxygens (including phenoxy) is 1. The number of nitrogens with zero attached hydrogens (tertiary/aromatic N) is 4. The first-order valence-electron chi connectivity index (χ1n) is 10.4. The van der Waals surface area contributed by atoms with Crippen LogP contribution in [0.25, 0.3) is 5.69 Å². The van der Waals surface area contributed by atoms with Crippen LogP contribution in [0.4, 0.5) is 0 Å². The molecule has 1 fully saturated rings. The Hall–Kier alpha value is -3.71. The topological polar surface area (TPSA) is 55.2 Å². The maximum absolute atomic E-state index is 5.80. The Bertz CT molecular complexity index is 1190. The first kappa shape index (κ1) is 20.2. The van der Waals surface area contributed by atoms with Gasteiger partial charge in [-0.25, -0.2) is 0 Å². The van der Waals surface area contributed by atoms with Crippen LogP contribution in [0, 0.1) is 0 Å². The molecular weight excluding hydrogens is 418 g/mol. The van der Waals surface area contributed by atoms with Crippen molar-refractivity contribution in [2.75, 3.05) is 7.11 Å². The molecule has 1 saturated heterocycles. The standard InChI is InChI=1S/C25H23N5OS/c1-31-20-11-9-19(10-12-20)29-15-5-8-22(29)24-23(21-7-2-3-14-27-21)28-25(32)30(24)17-18-6-4-13-26-16-18/h2-16,23-24H,17H2,1H3,(H,28,32)/t23-,24+/m1/s1. The summed E-state index contributed by atoms with van der Waals surface area (Å²) in [6, 6.07) is 22.2. The van der Waals surface area contributed by atoms with Gasteiger partial charge < -0.3 is 19.5 Å². The van der Waals surface area contributed by atoms with Gasteiger partial charge >= 0.3 is 0 Å². The number of thiocarbonyl (C=S) groups is 1. The number of aromatic nitrogens is 3. The van der Waals surface area contributed by atoms with E-state index in [1.165, 1.54) is 0 Å². The van der Waals surface area contributed by atoms with Gasteiger partial charge in [0, 0.05) is 42.7 Å². The van der Waals surface area contributed by atoms with Crippen LogP contribution in [0.5, 0.6) is 5.75 Å². The smallest absolute Gasteiger partial charge is 0.170 e. The van der Waals surface area contributed by atoms with Gasteiger partial charge in [-0.3, -0.25) is 9.97 Å². The van der Waals surface area contributed by atoms with Crippen LogP contribution >= 0.6 is 12.2 Å². The minimum Gasteiger partial charge on any atom is -0.497 e. The molecule has 4 aromatic rings. The van der Waals surface area contributed by atoms with Gasteiger partial charge in [-0.15, -0.1) is 0 Å². The maximum atomic E-state index is 5.80. The third kappa shape index (κ3) is 3.83. The minimum absolute atomic E-state index is 0.0466. The fourth-order valence-corrected chi connectivity index (χ4v) is 4.50. The molecule has 1 N–H and O–H groups in total. The summed E-state index contributed by atoms with van der Waals surface area (Å²) in [5.41, 5.74) is 4.24. The fourth-order valence-electron chi connectivity index (χ4n) is 4.20. The van der Waals surface area contributed by atoms with Gasteiger partial charge in [0.2, 0.25) is 0 Å². The molecule has 7 heteroatoms. The van der Waals surface area contributed by atoms with E-state index in [0.717, 1.165) is 28.4 Å². The Labute approximate surface area is 192 Å². The fraction of sp³-hybridized carbons (Fsp3) is 0.160. The monoisotopic (exact) mass is 441 g/mol. The molecule has 0 saturated carbocycles. The van der Waals surface area contributed by atoms with Gasteiger partial charge in [0.15, 0.2) is 5.11 Å². The molecule has 3 aromatic heterocycles. The molecule has 1 aliphatic heterocycles. The second kappa shape index (κ2) is 8.80. The first-order chi connectivity index (χ1) is 15.7. The van der Waals surface area contributed by atoms with E-state index in [1.54, 1.807) is 13.3 Å². The molecule has 1 aliphatic rings. The average molecular weight is 442 g/mol. The van der Waals surface area contributed by atoms with Crippen molar-refractivity contribution in [3.63, 3.8) is 0 Å². The highest BCUT2D eigenvalue weighted by Crippen LogP contribution is 2.40. The summed E-state index contributed by atoms with van der Waals surface area (Å²) < 4.78 is 7.53. The summed E-state index contributed by atoms with van der Waals surface area (Å²) in [4.78, 5) is 11.1. The van der Waals surface area contributed by atoms with Crippen molar-refractivity contribution in [1.29, 1.82) is 0 Å². The largest absolute Gasteiger partial charge is 0.497 e. The van der Waals surface area contributed by atoms with Crippen molar-refractivity contribution >= 4 is 17.3 Å². The number of rotatable bonds is 6. The zero-order chi connectivity index (χ0) is 21.9. The molecule has 32 heavy (non-hydrogen) atoms. The lowest BCUT2D eigenvalue weighted by molar-refractivity contribution is 0.302. The van der Waals surface area contributed by atoms with Crippen LogP contribution in [-0.2, 0) is 6.54 Å². The predicted molar refractivity (Wildman–Crippen MR) is 128 cm³/mol. The highest BCUT2D eigenvalue weighted by Gasteiger charge is 2.41. The SMILES string of the molecule is COc1ccc(-n2cccc2[C@H]2[C@@H](c3ccccn3)NC(=S)N2Cc2cccnc2)cc1. The van der Waals surface area contributed by atoms with E-state index in [9.17, 15) is 0 Å². The van der Waals surface area contributed by atoms with Crippen molar-refractivity contribution in [2.45, 2.75) is 18.6 Å².